The maximum Gasteiger partial charge on any atom is 0.286 e. The van der Waals surface area contributed by atoms with Gasteiger partial charge in [0.2, 0.25) is 0 Å². The van der Waals surface area contributed by atoms with Gasteiger partial charge in [-0.3, -0.25) is 15.6 Å². The zero-order valence-corrected chi connectivity index (χ0v) is 14.8. The van der Waals surface area contributed by atoms with Gasteiger partial charge in [0.05, 0.1) is 0 Å². The van der Waals surface area contributed by atoms with E-state index in [-0.39, 0.29) is 5.91 Å². The molecule has 22 heavy (non-hydrogen) atoms. The third-order valence-electron chi connectivity index (χ3n) is 2.58. The van der Waals surface area contributed by atoms with Crippen molar-refractivity contribution in [2.45, 2.75) is 4.90 Å². The lowest BCUT2D eigenvalue weighted by atomic mass is 10.4. The molecule has 8 heteroatoms. The number of thioether (sulfide) groups is 1. The lowest BCUT2D eigenvalue weighted by Crippen LogP contribution is -2.47. The molecular weight excluding hydrogens is 384 g/mol. The highest BCUT2D eigenvalue weighted by molar-refractivity contribution is 9.10. The molecule has 4 N–H and O–H groups in total. The molecule has 1 heterocycles. The van der Waals surface area contributed by atoms with Gasteiger partial charge in [-0.2, -0.15) is 0 Å². The van der Waals surface area contributed by atoms with Crippen LogP contribution in [0.5, 0.6) is 0 Å². The molecule has 0 aliphatic rings. The monoisotopic (exact) mass is 398 g/mol. The van der Waals surface area contributed by atoms with Gasteiger partial charge in [0.25, 0.3) is 5.91 Å². The predicted molar refractivity (Wildman–Crippen MR) is 96.9 cm³/mol. The predicted octanol–water partition coefficient (Wildman–Crippen LogP) is 2.68. The number of aromatic amines is 1. The second-order valence-corrected chi connectivity index (χ2v) is 6.72. The van der Waals surface area contributed by atoms with Gasteiger partial charge in [0, 0.05) is 27.9 Å². The molecule has 0 saturated heterocycles. The second-order valence-electron chi connectivity index (χ2n) is 4.23. The van der Waals surface area contributed by atoms with Crippen LogP contribution in [0.2, 0.25) is 0 Å². The summed E-state index contributed by atoms with van der Waals surface area (Å²) in [6, 6.07) is 11.8. The Morgan fingerprint density at radius 2 is 2.05 bits per heavy atom. The Labute approximate surface area is 146 Å². The van der Waals surface area contributed by atoms with Crippen molar-refractivity contribution in [2.24, 2.45) is 0 Å². The summed E-state index contributed by atoms with van der Waals surface area (Å²) in [6.45, 7) is 0.704. The molecule has 1 amide bonds. The van der Waals surface area contributed by atoms with Gasteiger partial charge < -0.3 is 10.3 Å². The standard InChI is InChI=1S/C14H15BrN4OS2/c15-10-8-12(17-9-10)13(20)18-19-14(21)16-6-7-22-11-4-2-1-3-5-11/h1-5,8-9,17H,6-7H2,(H,18,20)(H2,16,19,21). The minimum absolute atomic E-state index is 0.284. The van der Waals surface area contributed by atoms with E-state index in [0.29, 0.717) is 17.4 Å². The third kappa shape index (κ3) is 5.70. The molecule has 116 valence electrons. The van der Waals surface area contributed by atoms with Crippen LogP contribution in [0.3, 0.4) is 0 Å². The van der Waals surface area contributed by atoms with E-state index in [0.717, 1.165) is 10.2 Å². The zero-order chi connectivity index (χ0) is 15.8. The van der Waals surface area contributed by atoms with E-state index in [4.69, 9.17) is 12.2 Å². The molecule has 1 aromatic carbocycles. The van der Waals surface area contributed by atoms with E-state index in [2.05, 4.69) is 49.2 Å². The van der Waals surface area contributed by atoms with Crippen LogP contribution >= 0.6 is 39.9 Å². The lowest BCUT2D eigenvalue weighted by molar-refractivity contribution is 0.0939. The Kier molecular flexibility index (Phi) is 6.75. The molecule has 0 atom stereocenters. The number of H-pyrrole nitrogens is 1. The number of thiocarbonyl (C=S) groups is 1. The number of amides is 1. The first-order valence-corrected chi connectivity index (χ1v) is 8.70. The molecule has 1 aromatic heterocycles. The smallest absolute Gasteiger partial charge is 0.286 e. The highest BCUT2D eigenvalue weighted by Gasteiger charge is 2.07. The van der Waals surface area contributed by atoms with Gasteiger partial charge in [-0.25, -0.2) is 0 Å². The van der Waals surface area contributed by atoms with Gasteiger partial charge >= 0.3 is 0 Å². The fourth-order valence-electron chi connectivity index (χ4n) is 1.57. The van der Waals surface area contributed by atoms with Crippen LogP contribution in [0.1, 0.15) is 10.5 Å². The minimum atomic E-state index is -0.284. The normalized spacial score (nSPS) is 10.0. The summed E-state index contributed by atoms with van der Waals surface area (Å²) < 4.78 is 0.816. The summed E-state index contributed by atoms with van der Waals surface area (Å²) in [5.74, 6) is 0.595. The van der Waals surface area contributed by atoms with Gasteiger partial charge in [0.1, 0.15) is 5.69 Å². The molecule has 0 unspecified atom stereocenters. The van der Waals surface area contributed by atoms with Crippen molar-refractivity contribution >= 4 is 50.9 Å². The molecular formula is C14H15BrN4OS2. The average molecular weight is 399 g/mol. The SMILES string of the molecule is O=C(NNC(=S)NCCSc1ccccc1)c1cc(Br)c[nH]1. The van der Waals surface area contributed by atoms with Gasteiger partial charge in [-0.1, -0.05) is 18.2 Å². The Bertz CT molecular complexity index is 633. The summed E-state index contributed by atoms with van der Waals surface area (Å²) in [4.78, 5) is 15.8. The van der Waals surface area contributed by atoms with E-state index < -0.39 is 0 Å². The number of benzene rings is 1. The van der Waals surface area contributed by atoms with Crippen LogP contribution in [-0.2, 0) is 0 Å². The second kappa shape index (κ2) is 8.82. The summed E-state index contributed by atoms with van der Waals surface area (Å²) in [5, 5.41) is 3.41. The quantitative estimate of drug-likeness (QED) is 0.270. The third-order valence-corrected chi connectivity index (χ3v) is 4.30. The van der Waals surface area contributed by atoms with Crippen molar-refractivity contribution in [3.8, 4) is 0 Å². The van der Waals surface area contributed by atoms with E-state index in [1.165, 1.54) is 4.90 Å². The number of hydrazine groups is 1. The minimum Gasteiger partial charge on any atom is -0.361 e. The zero-order valence-electron chi connectivity index (χ0n) is 11.6. The Balaban J connectivity index is 1.61. The number of hydrogen-bond donors (Lipinski definition) is 4. The van der Waals surface area contributed by atoms with Gasteiger partial charge in [-0.05, 0) is 46.3 Å². The highest BCUT2D eigenvalue weighted by atomic mass is 79.9. The van der Waals surface area contributed by atoms with Crippen LogP contribution in [0.4, 0.5) is 0 Å². The van der Waals surface area contributed by atoms with Gasteiger partial charge in [-0.15, -0.1) is 11.8 Å². The lowest BCUT2D eigenvalue weighted by Gasteiger charge is -2.10. The molecule has 0 radical (unpaired) electrons. The van der Waals surface area contributed by atoms with Crippen LogP contribution in [-0.4, -0.2) is 28.3 Å². The topological polar surface area (TPSA) is 69.0 Å². The molecule has 0 fully saturated rings. The van der Waals surface area contributed by atoms with Crippen LogP contribution in [0, 0.1) is 0 Å². The molecule has 0 bridgehead atoms. The number of carbonyl (C=O) groups excluding carboxylic acids is 1. The summed E-state index contributed by atoms with van der Waals surface area (Å²) >= 11 is 10.1. The first-order valence-electron chi connectivity index (χ1n) is 6.51. The summed E-state index contributed by atoms with van der Waals surface area (Å²) in [6.07, 6.45) is 1.69. The molecule has 0 aliphatic heterocycles. The van der Waals surface area contributed by atoms with Crippen molar-refractivity contribution in [3.05, 3.63) is 52.8 Å². The molecule has 2 aromatic rings. The fourth-order valence-corrected chi connectivity index (χ4v) is 2.86. The van der Waals surface area contributed by atoms with Gasteiger partial charge in [0.15, 0.2) is 5.11 Å². The Hall–Kier alpha value is -1.51. The van der Waals surface area contributed by atoms with E-state index >= 15 is 0 Å². The first-order chi connectivity index (χ1) is 10.6. The van der Waals surface area contributed by atoms with E-state index in [1.807, 2.05) is 18.2 Å². The Morgan fingerprint density at radius 1 is 1.27 bits per heavy atom. The van der Waals surface area contributed by atoms with Crippen molar-refractivity contribution in [1.82, 2.24) is 21.2 Å². The number of halogens is 1. The van der Waals surface area contributed by atoms with Crippen molar-refractivity contribution in [1.29, 1.82) is 0 Å². The van der Waals surface area contributed by atoms with Crippen LogP contribution in [0.15, 0.2) is 52.0 Å². The van der Waals surface area contributed by atoms with Crippen LogP contribution < -0.4 is 16.2 Å². The maximum atomic E-state index is 11.8. The number of carbonyl (C=O) groups is 1. The van der Waals surface area contributed by atoms with Crippen molar-refractivity contribution in [2.75, 3.05) is 12.3 Å². The van der Waals surface area contributed by atoms with E-state index in [1.54, 1.807) is 24.0 Å². The number of nitrogens with one attached hydrogen (secondary N) is 4. The van der Waals surface area contributed by atoms with Crippen molar-refractivity contribution in [3.63, 3.8) is 0 Å². The summed E-state index contributed by atoms with van der Waals surface area (Å²) in [7, 11) is 0. The molecule has 0 saturated carbocycles. The first kappa shape index (κ1) is 16.9. The molecule has 2 rings (SSSR count). The maximum absolute atomic E-state index is 11.8. The number of aromatic nitrogens is 1. The van der Waals surface area contributed by atoms with E-state index in [9.17, 15) is 4.79 Å². The van der Waals surface area contributed by atoms with Crippen molar-refractivity contribution < 1.29 is 4.79 Å². The average Bonchev–Trinajstić information content (AvgIpc) is 2.97. The summed E-state index contributed by atoms with van der Waals surface area (Å²) in [5.41, 5.74) is 5.63. The fraction of sp³-hybridized carbons (Fsp3) is 0.143. The van der Waals surface area contributed by atoms with Crippen LogP contribution in [0.25, 0.3) is 0 Å². The molecule has 0 spiro atoms. The molecule has 5 nitrogen and oxygen atoms in total. The molecule has 0 aliphatic carbocycles. The number of hydrogen-bond acceptors (Lipinski definition) is 3. The Morgan fingerprint density at radius 3 is 2.73 bits per heavy atom. The highest BCUT2D eigenvalue weighted by Crippen LogP contribution is 2.15. The largest absolute Gasteiger partial charge is 0.361 e. The number of rotatable bonds is 5.